The van der Waals surface area contributed by atoms with Gasteiger partial charge in [-0.25, -0.2) is 0 Å². The summed E-state index contributed by atoms with van der Waals surface area (Å²) in [7, 11) is 2.20. The molecular formula is C31H35NO3. The first kappa shape index (κ1) is 23.7. The van der Waals surface area contributed by atoms with Gasteiger partial charge in [0.1, 0.15) is 11.5 Å². The van der Waals surface area contributed by atoms with Crippen LogP contribution in [0.5, 0.6) is 11.5 Å². The summed E-state index contributed by atoms with van der Waals surface area (Å²) < 4.78 is 18.2. The minimum Gasteiger partial charge on any atom is -0.493 e. The predicted molar refractivity (Wildman–Crippen MR) is 144 cm³/mol. The summed E-state index contributed by atoms with van der Waals surface area (Å²) in [6.07, 6.45) is 3.11. The van der Waals surface area contributed by atoms with Gasteiger partial charge < -0.3 is 19.1 Å². The molecule has 0 atom stereocenters. The molecule has 0 aromatic heterocycles. The monoisotopic (exact) mass is 469 g/mol. The lowest BCUT2D eigenvalue weighted by Crippen LogP contribution is -2.32. The van der Waals surface area contributed by atoms with Crippen molar-refractivity contribution < 1.29 is 14.2 Å². The quantitative estimate of drug-likeness (QED) is 0.202. The zero-order valence-corrected chi connectivity index (χ0v) is 20.8. The van der Waals surface area contributed by atoms with Crippen molar-refractivity contribution in [1.82, 2.24) is 4.90 Å². The lowest BCUT2D eigenvalue weighted by atomic mass is 9.93. The van der Waals surface area contributed by atoms with Crippen molar-refractivity contribution in [2.45, 2.75) is 26.2 Å². The maximum Gasteiger partial charge on any atom is 0.189 e. The first-order valence-electron chi connectivity index (χ1n) is 12.8. The average molecular weight is 470 g/mol. The van der Waals surface area contributed by atoms with Gasteiger partial charge in [0.05, 0.1) is 6.61 Å². The molecule has 0 radical (unpaired) electrons. The van der Waals surface area contributed by atoms with E-state index >= 15 is 0 Å². The van der Waals surface area contributed by atoms with Gasteiger partial charge in [-0.1, -0.05) is 60.7 Å². The first-order chi connectivity index (χ1) is 17.2. The Kier molecular flexibility index (Phi) is 7.51. The van der Waals surface area contributed by atoms with Gasteiger partial charge in [0, 0.05) is 24.2 Å². The number of ether oxygens (including phenoxy) is 3. The first-order valence-corrected chi connectivity index (χ1v) is 12.8. The standard InChI is InChI=1S/C31H35NO3/c1-3-33-22-35-31-15-13-25-9-5-7-11-27(25)29(31)20-28-26-10-6-4-8-24(26)12-14-30(28)34-21-23-16-18-32(2)19-17-23/h4-15,23H,3,16-22H2,1-2H3. The SMILES string of the molecule is CCOCOc1ccc2ccccc2c1Cc1c(OCC2CCN(C)CC2)ccc2ccccc12. The van der Waals surface area contributed by atoms with Crippen molar-refractivity contribution >= 4 is 21.5 Å². The minimum absolute atomic E-state index is 0.247. The number of hydrogen-bond donors (Lipinski definition) is 0. The largest absolute Gasteiger partial charge is 0.493 e. The summed E-state index contributed by atoms with van der Waals surface area (Å²) >= 11 is 0. The van der Waals surface area contributed by atoms with Crippen LogP contribution in [0.3, 0.4) is 0 Å². The maximum atomic E-state index is 6.56. The van der Waals surface area contributed by atoms with Gasteiger partial charge >= 0.3 is 0 Å². The Labute approximate surface area is 208 Å². The molecule has 1 heterocycles. The van der Waals surface area contributed by atoms with Gasteiger partial charge in [-0.15, -0.1) is 0 Å². The highest BCUT2D eigenvalue weighted by Gasteiger charge is 2.20. The van der Waals surface area contributed by atoms with Crippen molar-refractivity contribution in [2.24, 2.45) is 5.92 Å². The second kappa shape index (κ2) is 11.1. The summed E-state index contributed by atoms with van der Waals surface area (Å²) in [6, 6.07) is 25.6. The molecule has 0 saturated carbocycles. The molecule has 4 aromatic rings. The Hall–Kier alpha value is -3.08. The fourth-order valence-corrected chi connectivity index (χ4v) is 5.07. The molecule has 4 nitrogen and oxygen atoms in total. The second-order valence-electron chi connectivity index (χ2n) is 9.52. The minimum atomic E-state index is 0.247. The van der Waals surface area contributed by atoms with E-state index in [1.54, 1.807) is 0 Å². The van der Waals surface area contributed by atoms with E-state index in [1.807, 2.05) is 6.92 Å². The Bertz CT molecular complexity index is 1280. The second-order valence-corrected chi connectivity index (χ2v) is 9.52. The molecule has 0 bridgehead atoms. The van der Waals surface area contributed by atoms with Crippen LogP contribution in [0.25, 0.3) is 21.5 Å². The van der Waals surface area contributed by atoms with Crippen LogP contribution in [0, 0.1) is 5.92 Å². The van der Waals surface area contributed by atoms with E-state index in [4.69, 9.17) is 14.2 Å². The summed E-state index contributed by atoms with van der Waals surface area (Å²) in [4.78, 5) is 2.41. The number of fused-ring (bicyclic) bond motifs is 2. The van der Waals surface area contributed by atoms with Crippen molar-refractivity contribution in [1.29, 1.82) is 0 Å². The zero-order chi connectivity index (χ0) is 24.0. The summed E-state index contributed by atoms with van der Waals surface area (Å²) in [5, 5.41) is 4.87. The van der Waals surface area contributed by atoms with Crippen LogP contribution < -0.4 is 9.47 Å². The van der Waals surface area contributed by atoms with Crippen LogP contribution in [0.4, 0.5) is 0 Å². The fourth-order valence-electron chi connectivity index (χ4n) is 5.07. The third-order valence-corrected chi connectivity index (χ3v) is 7.16. The third kappa shape index (κ3) is 5.44. The Morgan fingerprint density at radius 1 is 0.743 bits per heavy atom. The van der Waals surface area contributed by atoms with Crippen LogP contribution in [-0.2, 0) is 11.2 Å². The van der Waals surface area contributed by atoms with E-state index in [2.05, 4.69) is 84.7 Å². The lowest BCUT2D eigenvalue weighted by molar-refractivity contribution is 0.0220. The Morgan fingerprint density at radius 2 is 1.31 bits per heavy atom. The molecule has 1 saturated heterocycles. The van der Waals surface area contributed by atoms with Gasteiger partial charge in [-0.2, -0.15) is 0 Å². The number of rotatable bonds is 9. The number of benzene rings is 4. The Balaban J connectivity index is 1.52. The van der Waals surface area contributed by atoms with Gasteiger partial charge in [-0.3, -0.25) is 0 Å². The number of piperidine rings is 1. The molecule has 0 unspecified atom stereocenters. The molecule has 35 heavy (non-hydrogen) atoms. The van der Waals surface area contributed by atoms with E-state index in [0.717, 1.165) is 37.6 Å². The van der Waals surface area contributed by atoms with E-state index in [0.29, 0.717) is 12.5 Å². The predicted octanol–water partition coefficient (Wildman–Crippen LogP) is 6.68. The van der Waals surface area contributed by atoms with E-state index in [1.165, 1.54) is 45.5 Å². The van der Waals surface area contributed by atoms with Crippen LogP contribution in [-0.4, -0.2) is 45.0 Å². The van der Waals surface area contributed by atoms with E-state index < -0.39 is 0 Å². The average Bonchev–Trinajstić information content (AvgIpc) is 2.90. The molecule has 0 spiro atoms. The molecule has 5 rings (SSSR count). The normalized spacial score (nSPS) is 15.0. The summed E-state index contributed by atoms with van der Waals surface area (Å²) in [6.45, 7) is 5.92. The number of likely N-dealkylation sites (tertiary alicyclic amines) is 1. The van der Waals surface area contributed by atoms with Crippen molar-refractivity contribution in [3.8, 4) is 11.5 Å². The molecule has 4 aromatic carbocycles. The van der Waals surface area contributed by atoms with Crippen molar-refractivity contribution in [3.63, 3.8) is 0 Å². The maximum absolute atomic E-state index is 6.56. The van der Waals surface area contributed by atoms with Gasteiger partial charge in [0.2, 0.25) is 0 Å². The summed E-state index contributed by atoms with van der Waals surface area (Å²) in [5.41, 5.74) is 2.39. The third-order valence-electron chi connectivity index (χ3n) is 7.16. The molecule has 0 aliphatic carbocycles. The van der Waals surface area contributed by atoms with Crippen LogP contribution >= 0.6 is 0 Å². The zero-order valence-electron chi connectivity index (χ0n) is 20.8. The van der Waals surface area contributed by atoms with Crippen LogP contribution in [0.2, 0.25) is 0 Å². The van der Waals surface area contributed by atoms with Gasteiger partial charge in [0.25, 0.3) is 0 Å². The Morgan fingerprint density at radius 3 is 1.91 bits per heavy atom. The van der Waals surface area contributed by atoms with Crippen molar-refractivity contribution in [2.75, 3.05) is 40.1 Å². The van der Waals surface area contributed by atoms with E-state index in [9.17, 15) is 0 Å². The smallest absolute Gasteiger partial charge is 0.189 e. The summed E-state index contributed by atoms with van der Waals surface area (Å²) in [5.74, 6) is 2.45. The molecule has 1 aliphatic heterocycles. The van der Waals surface area contributed by atoms with E-state index in [-0.39, 0.29) is 6.79 Å². The molecule has 182 valence electrons. The molecule has 0 N–H and O–H groups in total. The van der Waals surface area contributed by atoms with Crippen molar-refractivity contribution in [3.05, 3.63) is 83.9 Å². The van der Waals surface area contributed by atoms with Gasteiger partial charge in [0.15, 0.2) is 6.79 Å². The molecule has 1 aliphatic rings. The number of hydrogen-bond acceptors (Lipinski definition) is 4. The molecular weight excluding hydrogens is 434 g/mol. The van der Waals surface area contributed by atoms with Crippen LogP contribution in [0.15, 0.2) is 72.8 Å². The molecule has 0 amide bonds. The molecule has 1 fully saturated rings. The van der Waals surface area contributed by atoms with Gasteiger partial charge in [-0.05, 0) is 79.5 Å². The highest BCUT2D eigenvalue weighted by Crippen LogP contribution is 2.36. The number of nitrogens with zero attached hydrogens (tertiary/aromatic N) is 1. The van der Waals surface area contributed by atoms with Crippen LogP contribution in [0.1, 0.15) is 30.9 Å². The highest BCUT2D eigenvalue weighted by molar-refractivity contribution is 5.91. The lowest BCUT2D eigenvalue weighted by Gasteiger charge is -2.29. The molecule has 4 heteroatoms. The fraction of sp³-hybridized carbons (Fsp3) is 0.355. The topological polar surface area (TPSA) is 30.9 Å². The highest BCUT2D eigenvalue weighted by atomic mass is 16.7.